The fraction of sp³-hybridized carbons (Fsp3) is 0.750. The molecule has 0 amide bonds. The summed E-state index contributed by atoms with van der Waals surface area (Å²) in [5.74, 6) is 1.23. The van der Waals surface area contributed by atoms with Gasteiger partial charge < -0.3 is 9.88 Å². The van der Waals surface area contributed by atoms with Gasteiger partial charge in [0.25, 0.3) is 0 Å². The largest absolute Gasteiger partial charge is 0.330 e. The number of nitrogens with zero attached hydrogens (tertiary/aromatic N) is 2. The van der Waals surface area contributed by atoms with Crippen LogP contribution in [0, 0.1) is 6.92 Å². The quantitative estimate of drug-likeness (QED) is 0.808. The van der Waals surface area contributed by atoms with Crippen LogP contribution >= 0.6 is 0 Å². The minimum atomic E-state index is -2.93. The number of hydrogen-bond donors (Lipinski definition) is 1. The average molecular weight is 273 g/mol. The maximum Gasteiger partial charge on any atom is 0.151 e. The number of imidazole rings is 1. The van der Waals surface area contributed by atoms with Crippen LogP contribution in [-0.2, 0) is 22.9 Å². The molecule has 0 spiro atoms. The first-order valence-corrected chi connectivity index (χ1v) is 8.12. The molecule has 6 heteroatoms. The third kappa shape index (κ3) is 4.42. The van der Waals surface area contributed by atoms with Crippen LogP contribution < -0.4 is 5.32 Å². The Balaban J connectivity index is 2.72. The van der Waals surface area contributed by atoms with Crippen molar-refractivity contribution in [2.45, 2.75) is 46.8 Å². The summed E-state index contributed by atoms with van der Waals surface area (Å²) in [5.41, 5.74) is 1.03. The standard InChI is InChI=1S/C12H23N3O2S/c1-5-18(16,17)7-6-15-11(4)14-9-12(15)8-13-10(2)3/h9-10,13H,5-8H2,1-4H3. The van der Waals surface area contributed by atoms with E-state index >= 15 is 0 Å². The number of hydrogen-bond acceptors (Lipinski definition) is 4. The van der Waals surface area contributed by atoms with E-state index < -0.39 is 9.84 Å². The predicted octanol–water partition coefficient (Wildman–Crippen LogP) is 1.12. The van der Waals surface area contributed by atoms with Gasteiger partial charge in [-0.25, -0.2) is 13.4 Å². The number of nitrogens with one attached hydrogen (secondary N) is 1. The van der Waals surface area contributed by atoms with Gasteiger partial charge in [0.15, 0.2) is 9.84 Å². The molecule has 0 fully saturated rings. The molecule has 5 nitrogen and oxygen atoms in total. The third-order valence-electron chi connectivity index (χ3n) is 2.89. The molecule has 18 heavy (non-hydrogen) atoms. The lowest BCUT2D eigenvalue weighted by Crippen LogP contribution is -2.24. The first-order valence-electron chi connectivity index (χ1n) is 6.30. The molecule has 0 unspecified atom stereocenters. The molecule has 0 radical (unpaired) electrons. The SMILES string of the molecule is CCS(=O)(=O)CCn1c(CNC(C)C)cnc1C. The lowest BCUT2D eigenvalue weighted by Gasteiger charge is -2.12. The van der Waals surface area contributed by atoms with E-state index in [0.717, 1.165) is 11.5 Å². The van der Waals surface area contributed by atoms with E-state index in [1.165, 1.54) is 0 Å². The van der Waals surface area contributed by atoms with Crippen molar-refractivity contribution in [1.82, 2.24) is 14.9 Å². The summed E-state index contributed by atoms with van der Waals surface area (Å²) in [6, 6.07) is 0.396. The van der Waals surface area contributed by atoms with Crippen LogP contribution in [0.4, 0.5) is 0 Å². The Hall–Kier alpha value is -0.880. The fourth-order valence-corrected chi connectivity index (χ4v) is 2.39. The summed E-state index contributed by atoms with van der Waals surface area (Å²) in [6.45, 7) is 8.93. The highest BCUT2D eigenvalue weighted by Gasteiger charge is 2.12. The Bertz CT molecular complexity index is 478. The van der Waals surface area contributed by atoms with Crippen LogP contribution in [0.3, 0.4) is 0 Å². The van der Waals surface area contributed by atoms with Crippen LogP contribution in [0.25, 0.3) is 0 Å². The molecule has 0 aliphatic rings. The second-order valence-electron chi connectivity index (χ2n) is 4.72. The van der Waals surface area contributed by atoms with E-state index in [0.29, 0.717) is 19.1 Å². The lowest BCUT2D eigenvalue weighted by molar-refractivity contribution is 0.553. The maximum absolute atomic E-state index is 11.5. The van der Waals surface area contributed by atoms with Crippen molar-refractivity contribution in [3.05, 3.63) is 17.7 Å². The highest BCUT2D eigenvalue weighted by molar-refractivity contribution is 7.91. The van der Waals surface area contributed by atoms with Gasteiger partial charge in [0.2, 0.25) is 0 Å². The van der Waals surface area contributed by atoms with Gasteiger partial charge in [-0.1, -0.05) is 20.8 Å². The Labute approximate surface area is 110 Å². The Morgan fingerprint density at radius 2 is 2.11 bits per heavy atom. The Kier molecular flexibility index (Phi) is 5.34. The molecule has 0 aliphatic heterocycles. The molecule has 1 aromatic heterocycles. The molecule has 1 rings (SSSR count). The van der Waals surface area contributed by atoms with Crippen molar-refractivity contribution < 1.29 is 8.42 Å². The lowest BCUT2D eigenvalue weighted by atomic mass is 10.3. The van der Waals surface area contributed by atoms with Crippen LogP contribution in [0.15, 0.2) is 6.20 Å². The summed E-state index contributed by atoms with van der Waals surface area (Å²) in [7, 11) is -2.93. The second-order valence-corrected chi connectivity index (χ2v) is 7.19. The molecule has 1 N–H and O–H groups in total. The molecule has 1 aromatic rings. The zero-order valence-corrected chi connectivity index (χ0v) is 12.4. The summed E-state index contributed by atoms with van der Waals surface area (Å²) in [6.07, 6.45) is 1.81. The van der Waals surface area contributed by atoms with E-state index in [1.807, 2.05) is 17.7 Å². The Morgan fingerprint density at radius 3 is 2.67 bits per heavy atom. The molecule has 104 valence electrons. The zero-order valence-electron chi connectivity index (χ0n) is 11.6. The van der Waals surface area contributed by atoms with Crippen molar-refractivity contribution >= 4 is 9.84 Å². The molecule has 0 bridgehead atoms. The van der Waals surface area contributed by atoms with Crippen LogP contribution in [-0.4, -0.2) is 35.5 Å². The molecule has 1 heterocycles. The monoisotopic (exact) mass is 273 g/mol. The first-order chi connectivity index (χ1) is 8.35. The first kappa shape index (κ1) is 15.2. The highest BCUT2D eigenvalue weighted by Crippen LogP contribution is 2.06. The average Bonchev–Trinajstić information content (AvgIpc) is 2.65. The van der Waals surface area contributed by atoms with Crippen LogP contribution in [0.1, 0.15) is 32.3 Å². The minimum Gasteiger partial charge on any atom is -0.330 e. The fourth-order valence-electron chi connectivity index (χ4n) is 1.65. The molecular formula is C12H23N3O2S. The van der Waals surface area contributed by atoms with Gasteiger partial charge in [0.1, 0.15) is 5.82 Å². The topological polar surface area (TPSA) is 64.0 Å². The molecular weight excluding hydrogens is 250 g/mol. The summed E-state index contributed by atoms with van der Waals surface area (Å²) < 4.78 is 25.0. The van der Waals surface area contributed by atoms with Gasteiger partial charge in [0, 0.05) is 31.1 Å². The molecule has 0 aliphatic carbocycles. The zero-order chi connectivity index (χ0) is 13.8. The number of rotatable bonds is 7. The molecule has 0 atom stereocenters. The van der Waals surface area contributed by atoms with E-state index in [9.17, 15) is 8.42 Å². The van der Waals surface area contributed by atoms with E-state index in [1.54, 1.807) is 6.92 Å². The minimum absolute atomic E-state index is 0.176. The van der Waals surface area contributed by atoms with Crippen molar-refractivity contribution in [3.63, 3.8) is 0 Å². The van der Waals surface area contributed by atoms with Crippen molar-refractivity contribution in [2.24, 2.45) is 0 Å². The van der Waals surface area contributed by atoms with Gasteiger partial charge in [-0.15, -0.1) is 0 Å². The van der Waals surface area contributed by atoms with E-state index in [2.05, 4.69) is 24.1 Å². The Morgan fingerprint density at radius 1 is 1.44 bits per heavy atom. The summed E-state index contributed by atoms with van der Waals surface area (Å²) in [4.78, 5) is 4.25. The number of aryl methyl sites for hydroxylation is 1. The number of aromatic nitrogens is 2. The van der Waals surface area contributed by atoms with Gasteiger partial charge >= 0.3 is 0 Å². The number of sulfone groups is 1. The van der Waals surface area contributed by atoms with Crippen LogP contribution in [0.5, 0.6) is 0 Å². The summed E-state index contributed by atoms with van der Waals surface area (Å²) >= 11 is 0. The maximum atomic E-state index is 11.5. The molecule has 0 saturated carbocycles. The van der Waals surface area contributed by atoms with E-state index in [-0.39, 0.29) is 11.5 Å². The second kappa shape index (κ2) is 6.33. The normalized spacial score (nSPS) is 12.3. The van der Waals surface area contributed by atoms with Crippen LogP contribution in [0.2, 0.25) is 0 Å². The highest BCUT2D eigenvalue weighted by atomic mass is 32.2. The summed E-state index contributed by atoms with van der Waals surface area (Å²) in [5, 5.41) is 3.32. The van der Waals surface area contributed by atoms with Gasteiger partial charge in [-0.3, -0.25) is 0 Å². The van der Waals surface area contributed by atoms with E-state index in [4.69, 9.17) is 0 Å². The van der Waals surface area contributed by atoms with Crippen molar-refractivity contribution in [3.8, 4) is 0 Å². The van der Waals surface area contributed by atoms with Gasteiger partial charge in [0.05, 0.1) is 11.4 Å². The van der Waals surface area contributed by atoms with Gasteiger partial charge in [-0.05, 0) is 6.92 Å². The molecule has 0 aromatic carbocycles. The predicted molar refractivity (Wildman–Crippen MR) is 73.3 cm³/mol. The third-order valence-corrected chi connectivity index (χ3v) is 4.58. The molecule has 0 saturated heterocycles. The smallest absolute Gasteiger partial charge is 0.151 e. The van der Waals surface area contributed by atoms with Gasteiger partial charge in [-0.2, -0.15) is 0 Å². The van der Waals surface area contributed by atoms with Crippen molar-refractivity contribution in [2.75, 3.05) is 11.5 Å². The van der Waals surface area contributed by atoms with Crippen molar-refractivity contribution in [1.29, 1.82) is 0 Å².